The van der Waals surface area contributed by atoms with Gasteiger partial charge in [0.15, 0.2) is 11.0 Å². The van der Waals surface area contributed by atoms with E-state index in [-0.39, 0.29) is 46.8 Å². The molecule has 2 aliphatic rings. The molecule has 2 aromatic carbocycles. The maximum absolute atomic E-state index is 13.7. The molecule has 1 fully saturated rings. The lowest BCUT2D eigenvalue weighted by Gasteiger charge is -2.27. The fourth-order valence-electron chi connectivity index (χ4n) is 5.78. The number of hydrogen-bond acceptors (Lipinski definition) is 7. The van der Waals surface area contributed by atoms with Crippen LogP contribution in [0.25, 0.3) is 0 Å². The van der Waals surface area contributed by atoms with Crippen LogP contribution in [-0.2, 0) is 22.5 Å². The molecule has 45 heavy (non-hydrogen) atoms. The number of rotatable bonds is 10. The molecule has 0 radical (unpaired) electrons. The van der Waals surface area contributed by atoms with Crippen molar-refractivity contribution < 1.29 is 14.3 Å². The predicted octanol–water partition coefficient (Wildman–Crippen LogP) is 6.08. The minimum Gasteiger partial charge on any atom is -0.444 e. The molecular formula is C34H41ClN6O4. The van der Waals surface area contributed by atoms with Gasteiger partial charge in [-0.05, 0) is 76.8 Å². The third-order valence-electron chi connectivity index (χ3n) is 8.25. The van der Waals surface area contributed by atoms with Gasteiger partial charge in [-0.3, -0.25) is 24.9 Å². The van der Waals surface area contributed by atoms with Crippen molar-refractivity contribution in [3.05, 3.63) is 92.5 Å². The van der Waals surface area contributed by atoms with Crippen molar-refractivity contribution in [3.8, 4) is 0 Å². The summed E-state index contributed by atoms with van der Waals surface area (Å²) < 4.78 is 6.77. The molecular weight excluding hydrogens is 592 g/mol. The molecule has 2 atom stereocenters. The van der Waals surface area contributed by atoms with Crippen LogP contribution in [0.1, 0.15) is 93.6 Å². The number of ether oxygens (including phenoxy) is 1. The molecule has 11 heteroatoms. The Bertz CT molecular complexity index is 1600. The van der Waals surface area contributed by atoms with E-state index in [0.717, 1.165) is 44.1 Å². The van der Waals surface area contributed by atoms with Gasteiger partial charge in [-0.1, -0.05) is 66.2 Å². The van der Waals surface area contributed by atoms with E-state index in [2.05, 4.69) is 33.1 Å². The van der Waals surface area contributed by atoms with Gasteiger partial charge < -0.3 is 15.4 Å². The zero-order valence-corrected chi connectivity index (χ0v) is 26.7. The van der Waals surface area contributed by atoms with E-state index in [9.17, 15) is 14.4 Å². The van der Waals surface area contributed by atoms with Gasteiger partial charge in [-0.2, -0.15) is 0 Å². The second-order valence-electron chi connectivity index (χ2n) is 12.8. The zero-order valence-electron chi connectivity index (χ0n) is 26.0. The number of nitrogens with one attached hydrogen (secondary N) is 4. The Hall–Kier alpha value is -4.18. The van der Waals surface area contributed by atoms with Gasteiger partial charge >= 0.3 is 6.09 Å². The highest BCUT2D eigenvalue weighted by atomic mass is 35.5. The van der Waals surface area contributed by atoms with E-state index in [1.807, 2.05) is 18.2 Å². The summed E-state index contributed by atoms with van der Waals surface area (Å²) in [5.74, 6) is -0.215. The average Bonchev–Trinajstić information content (AvgIpc) is 3.36. The predicted molar refractivity (Wildman–Crippen MR) is 175 cm³/mol. The number of aromatic nitrogens is 2. The number of benzene rings is 2. The second-order valence-corrected chi connectivity index (χ2v) is 13.2. The van der Waals surface area contributed by atoms with Crippen LogP contribution in [0.15, 0.2) is 59.4 Å². The van der Waals surface area contributed by atoms with Crippen LogP contribution < -0.4 is 21.5 Å². The number of halogens is 1. The number of carbonyl (C=O) groups is 2. The third kappa shape index (κ3) is 8.11. The minimum atomic E-state index is -0.706. The third-order valence-corrected chi connectivity index (χ3v) is 8.53. The Morgan fingerprint density at radius 1 is 1.07 bits per heavy atom. The number of carbonyl (C=O) groups excluding carboxylic acids is 2. The van der Waals surface area contributed by atoms with E-state index in [1.54, 1.807) is 49.6 Å². The van der Waals surface area contributed by atoms with Gasteiger partial charge in [-0.15, -0.1) is 0 Å². The van der Waals surface area contributed by atoms with E-state index in [0.29, 0.717) is 17.7 Å². The van der Waals surface area contributed by atoms with Crippen molar-refractivity contribution in [2.24, 2.45) is 0 Å². The molecule has 0 bridgehead atoms. The van der Waals surface area contributed by atoms with Crippen molar-refractivity contribution in [2.45, 2.75) is 95.9 Å². The number of alkyl carbamates (subject to hydrolysis) is 1. The SMILES string of the molecule is CC(C)(C)OC(=O)NC(=N)c1ccc(CNC(=O)C2CC(CCCc3ccccc3)c3c(Cl)nc(NC4CCC4)c(=O)n32)cc1. The van der Waals surface area contributed by atoms with Crippen LogP contribution in [0.3, 0.4) is 0 Å². The lowest BCUT2D eigenvalue weighted by Crippen LogP contribution is -2.38. The molecule has 0 saturated heterocycles. The maximum atomic E-state index is 13.7. The topological polar surface area (TPSA) is 138 Å². The molecule has 1 aromatic heterocycles. The fourth-order valence-corrected chi connectivity index (χ4v) is 6.11. The number of fused-ring (bicyclic) bond motifs is 1. The second kappa shape index (κ2) is 13.9. The van der Waals surface area contributed by atoms with Gasteiger partial charge in [0.2, 0.25) is 5.91 Å². The molecule has 2 amide bonds. The highest BCUT2D eigenvalue weighted by Gasteiger charge is 2.39. The van der Waals surface area contributed by atoms with Crippen molar-refractivity contribution in [1.82, 2.24) is 20.2 Å². The average molecular weight is 633 g/mol. The molecule has 5 rings (SSSR count). The summed E-state index contributed by atoms with van der Waals surface area (Å²) in [6.45, 7) is 5.49. The molecule has 2 unspecified atom stereocenters. The Balaban J connectivity index is 1.27. The first-order valence-electron chi connectivity index (χ1n) is 15.6. The number of amidine groups is 1. The molecule has 10 nitrogen and oxygen atoms in total. The number of aryl methyl sites for hydroxylation is 1. The standard InChI is InChI=1S/C34H41ClN6O4/c1-34(2,3)45-33(44)40-29(36)23-17-15-22(16-18-23)20-37-31(42)26-19-24(12-7-11-21-9-5-4-6-10-21)27-28(35)39-30(32(43)41(26)27)38-25-13-8-14-25/h4-6,9-10,15-18,24-26H,7-8,11-14,19-20H2,1-3H3,(H,37,42)(H,38,39)(H2,36,40,44). The first-order chi connectivity index (χ1) is 21.5. The Morgan fingerprint density at radius 2 is 1.78 bits per heavy atom. The fraction of sp³-hybridized carbons (Fsp3) is 0.441. The van der Waals surface area contributed by atoms with Crippen LogP contribution in [0.2, 0.25) is 5.15 Å². The number of nitrogens with zero attached hydrogens (tertiary/aromatic N) is 2. The van der Waals surface area contributed by atoms with Gasteiger partial charge in [0.1, 0.15) is 17.5 Å². The van der Waals surface area contributed by atoms with E-state index in [4.69, 9.17) is 21.7 Å². The highest BCUT2D eigenvalue weighted by molar-refractivity contribution is 6.30. The van der Waals surface area contributed by atoms with Crippen LogP contribution >= 0.6 is 11.6 Å². The highest BCUT2D eigenvalue weighted by Crippen LogP contribution is 2.41. The summed E-state index contributed by atoms with van der Waals surface area (Å²) >= 11 is 6.73. The molecule has 1 aliphatic heterocycles. The van der Waals surface area contributed by atoms with E-state index < -0.39 is 17.7 Å². The quantitative estimate of drug-likeness (QED) is 0.158. The summed E-state index contributed by atoms with van der Waals surface area (Å²) in [4.78, 5) is 43.8. The van der Waals surface area contributed by atoms with Gasteiger partial charge in [0.25, 0.3) is 5.56 Å². The summed E-state index contributed by atoms with van der Waals surface area (Å²) in [6.07, 6.45) is 5.38. The smallest absolute Gasteiger partial charge is 0.413 e. The van der Waals surface area contributed by atoms with E-state index in [1.165, 1.54) is 5.56 Å². The molecule has 1 saturated carbocycles. The molecule has 2 heterocycles. The van der Waals surface area contributed by atoms with Crippen molar-refractivity contribution in [3.63, 3.8) is 0 Å². The van der Waals surface area contributed by atoms with Crippen LogP contribution in [-0.4, -0.2) is 39.0 Å². The molecule has 3 aromatic rings. The van der Waals surface area contributed by atoms with E-state index >= 15 is 0 Å². The van der Waals surface area contributed by atoms with Crippen molar-refractivity contribution in [2.75, 3.05) is 5.32 Å². The summed E-state index contributed by atoms with van der Waals surface area (Å²) in [6, 6.07) is 16.7. The normalized spacial score (nSPS) is 17.6. The Kier molecular flexibility index (Phi) is 9.92. The van der Waals surface area contributed by atoms with Crippen LogP contribution in [0.4, 0.5) is 10.6 Å². The molecule has 4 N–H and O–H groups in total. The van der Waals surface area contributed by atoms with Crippen LogP contribution in [0, 0.1) is 5.41 Å². The van der Waals surface area contributed by atoms with Crippen LogP contribution in [0.5, 0.6) is 0 Å². The number of amides is 2. The lowest BCUT2D eigenvalue weighted by atomic mass is 9.93. The van der Waals surface area contributed by atoms with Gasteiger partial charge in [-0.25, -0.2) is 9.78 Å². The molecule has 0 spiro atoms. The van der Waals surface area contributed by atoms with Gasteiger partial charge in [0.05, 0.1) is 5.69 Å². The summed E-state index contributed by atoms with van der Waals surface area (Å²) in [7, 11) is 0. The molecule has 1 aliphatic carbocycles. The molecule has 238 valence electrons. The van der Waals surface area contributed by atoms with Crippen molar-refractivity contribution in [1.29, 1.82) is 5.41 Å². The maximum Gasteiger partial charge on any atom is 0.413 e. The van der Waals surface area contributed by atoms with Crippen molar-refractivity contribution >= 4 is 35.3 Å². The first-order valence-corrected chi connectivity index (χ1v) is 15.9. The Morgan fingerprint density at radius 3 is 2.42 bits per heavy atom. The monoisotopic (exact) mass is 632 g/mol. The minimum absolute atomic E-state index is 0.0716. The number of anilines is 1. The number of hydrogen-bond donors (Lipinski definition) is 4. The zero-order chi connectivity index (χ0) is 32.1. The lowest BCUT2D eigenvalue weighted by molar-refractivity contribution is -0.124. The summed E-state index contributed by atoms with van der Waals surface area (Å²) in [5.41, 5.74) is 2.20. The first kappa shape index (κ1) is 32.2. The largest absolute Gasteiger partial charge is 0.444 e. The van der Waals surface area contributed by atoms with Gasteiger partial charge in [0, 0.05) is 24.1 Å². The Labute approximate surface area is 268 Å². The summed E-state index contributed by atoms with van der Waals surface area (Å²) in [5, 5.41) is 17.1.